The molecule has 10 heteroatoms. The van der Waals surface area contributed by atoms with Crippen molar-refractivity contribution >= 4 is 23.7 Å². The van der Waals surface area contributed by atoms with Crippen molar-refractivity contribution < 1.29 is 23.9 Å². The molecular weight excluding hydrogens is 548 g/mol. The lowest BCUT2D eigenvalue weighted by molar-refractivity contribution is -0.119. The van der Waals surface area contributed by atoms with Crippen molar-refractivity contribution in [3.05, 3.63) is 93.4 Å². The normalized spacial score (nSPS) is 10.7. The van der Waals surface area contributed by atoms with Gasteiger partial charge in [0.25, 0.3) is 5.56 Å². The zero-order valence-corrected chi connectivity index (χ0v) is 26.1. The van der Waals surface area contributed by atoms with E-state index in [1.54, 1.807) is 31.2 Å². The summed E-state index contributed by atoms with van der Waals surface area (Å²) in [6, 6.07) is 18.6. The number of carbonyl (C=O) groups excluding carboxylic acids is 3. The monoisotopic (exact) mass is 592 g/mol. The third-order valence-corrected chi connectivity index (χ3v) is 5.89. The van der Waals surface area contributed by atoms with Gasteiger partial charge in [0.1, 0.15) is 11.4 Å². The summed E-state index contributed by atoms with van der Waals surface area (Å²) in [5.74, 6) is 0.228. The summed E-state index contributed by atoms with van der Waals surface area (Å²) < 4.78 is 11.3. The molecule has 3 aromatic rings. The minimum atomic E-state index is -0.500. The molecule has 0 saturated carbocycles. The van der Waals surface area contributed by atoms with Gasteiger partial charge in [-0.15, -0.1) is 0 Å². The van der Waals surface area contributed by atoms with Gasteiger partial charge in [-0.05, 0) is 83.7 Å². The molecule has 0 bridgehead atoms. The molecule has 0 atom stereocenters. The number of ether oxygens (including phenoxy) is 2. The van der Waals surface area contributed by atoms with E-state index < -0.39 is 17.8 Å². The third-order valence-electron chi connectivity index (χ3n) is 5.89. The Balaban J connectivity index is 0.000000300. The molecule has 43 heavy (non-hydrogen) atoms. The number of aromatic nitrogens is 2. The standard InChI is InChI=1S/C18H27NO3.C15H17N3O3/c1-14-7-9-15(10-8-14)11-12-16(20)6-5-13-19-17(21)22-18(2,3)4;1-3-21-15(20)16-13-6-4-5-12(9-13)10-18-14(19)8-7-11(2)17-18/h7-10H,5-6,11-13H2,1-4H3,(H,19,21);4-9H,3,10H2,1-2H3,(H,16,20). The van der Waals surface area contributed by atoms with Gasteiger partial charge < -0.3 is 14.8 Å². The van der Waals surface area contributed by atoms with Crippen LogP contribution in [0.1, 0.15) is 69.3 Å². The van der Waals surface area contributed by atoms with Gasteiger partial charge in [0, 0.05) is 31.1 Å². The molecule has 2 aromatic carbocycles. The SMILES string of the molecule is CCOC(=O)Nc1cccc(Cn2nc(C)ccc2=O)c1.Cc1ccc(CCC(=O)CCCNC(=O)OC(C)(C)C)cc1. The number of carbonyl (C=O) groups is 3. The number of hydrogen-bond acceptors (Lipinski definition) is 7. The summed E-state index contributed by atoms with van der Waals surface area (Å²) in [6.45, 7) is 12.2. The first-order valence-electron chi connectivity index (χ1n) is 14.5. The highest BCUT2D eigenvalue weighted by Crippen LogP contribution is 2.12. The molecule has 1 aromatic heterocycles. The van der Waals surface area contributed by atoms with Crippen LogP contribution in [0, 0.1) is 13.8 Å². The maximum Gasteiger partial charge on any atom is 0.411 e. The summed E-state index contributed by atoms with van der Waals surface area (Å²) in [7, 11) is 0. The summed E-state index contributed by atoms with van der Waals surface area (Å²) in [5, 5.41) is 9.47. The van der Waals surface area contributed by atoms with Gasteiger partial charge in [0.2, 0.25) is 0 Å². The zero-order chi connectivity index (χ0) is 31.8. The molecule has 2 amide bonds. The first kappa shape index (κ1) is 34.7. The van der Waals surface area contributed by atoms with E-state index in [4.69, 9.17) is 9.47 Å². The Morgan fingerprint density at radius 2 is 1.63 bits per heavy atom. The van der Waals surface area contributed by atoms with E-state index in [1.807, 2.05) is 40.7 Å². The van der Waals surface area contributed by atoms with Crippen LogP contribution in [0.3, 0.4) is 0 Å². The molecule has 1 heterocycles. The number of Topliss-reactive ketones (excluding diaryl/α,β-unsaturated/α-hetero) is 1. The molecule has 0 unspecified atom stereocenters. The van der Waals surface area contributed by atoms with Crippen molar-refractivity contribution in [3.63, 3.8) is 0 Å². The zero-order valence-electron chi connectivity index (χ0n) is 26.1. The summed E-state index contributed by atoms with van der Waals surface area (Å²) in [4.78, 5) is 46.4. The molecule has 0 aliphatic carbocycles. The van der Waals surface area contributed by atoms with Crippen LogP contribution in [0.15, 0.2) is 65.5 Å². The van der Waals surface area contributed by atoms with Gasteiger partial charge in [0.15, 0.2) is 0 Å². The fourth-order valence-corrected chi connectivity index (χ4v) is 3.82. The molecule has 0 aliphatic heterocycles. The van der Waals surface area contributed by atoms with Crippen LogP contribution in [0.4, 0.5) is 15.3 Å². The number of hydrogen-bond donors (Lipinski definition) is 2. The highest BCUT2D eigenvalue weighted by molar-refractivity contribution is 5.84. The van der Waals surface area contributed by atoms with Gasteiger partial charge in [-0.3, -0.25) is 14.9 Å². The molecule has 0 radical (unpaired) electrons. The van der Waals surface area contributed by atoms with Gasteiger partial charge in [-0.2, -0.15) is 5.10 Å². The van der Waals surface area contributed by atoms with E-state index in [0.717, 1.165) is 17.7 Å². The van der Waals surface area contributed by atoms with E-state index in [0.29, 0.717) is 44.6 Å². The second-order valence-corrected chi connectivity index (χ2v) is 11.1. The predicted octanol–water partition coefficient (Wildman–Crippen LogP) is 5.97. The summed E-state index contributed by atoms with van der Waals surface area (Å²) in [6.07, 6.45) is 1.53. The molecule has 0 fully saturated rings. The minimum absolute atomic E-state index is 0.163. The Morgan fingerprint density at radius 1 is 0.907 bits per heavy atom. The molecule has 10 nitrogen and oxygen atoms in total. The van der Waals surface area contributed by atoms with E-state index in [-0.39, 0.29) is 11.3 Å². The molecule has 0 aliphatic rings. The summed E-state index contributed by atoms with van der Waals surface area (Å²) in [5.41, 5.74) is 4.01. The van der Waals surface area contributed by atoms with Gasteiger partial charge in [-0.25, -0.2) is 14.3 Å². The Morgan fingerprint density at radius 3 is 2.30 bits per heavy atom. The van der Waals surface area contributed by atoms with Crippen LogP contribution in [-0.4, -0.2) is 46.5 Å². The molecule has 0 spiro atoms. The van der Waals surface area contributed by atoms with Crippen molar-refractivity contribution in [2.24, 2.45) is 0 Å². The van der Waals surface area contributed by atoms with Crippen molar-refractivity contribution in [1.82, 2.24) is 15.1 Å². The fraction of sp³-hybridized carbons (Fsp3) is 0.424. The number of alkyl carbamates (subject to hydrolysis) is 1. The number of benzene rings is 2. The average molecular weight is 593 g/mol. The number of amides is 2. The minimum Gasteiger partial charge on any atom is -0.450 e. The topological polar surface area (TPSA) is 129 Å². The molecule has 232 valence electrons. The van der Waals surface area contributed by atoms with E-state index in [9.17, 15) is 19.2 Å². The first-order valence-corrected chi connectivity index (χ1v) is 14.5. The van der Waals surface area contributed by atoms with Gasteiger partial charge in [-0.1, -0.05) is 42.0 Å². The molecular formula is C33H44N4O6. The second-order valence-electron chi connectivity index (χ2n) is 11.1. The van der Waals surface area contributed by atoms with E-state index >= 15 is 0 Å². The Bertz CT molecular complexity index is 1390. The lowest BCUT2D eigenvalue weighted by atomic mass is 10.0. The highest BCUT2D eigenvalue weighted by Gasteiger charge is 2.15. The van der Waals surface area contributed by atoms with Crippen LogP contribution in [0.5, 0.6) is 0 Å². The predicted molar refractivity (Wildman–Crippen MR) is 167 cm³/mol. The fourth-order valence-electron chi connectivity index (χ4n) is 3.82. The van der Waals surface area contributed by atoms with E-state index in [1.165, 1.54) is 21.9 Å². The number of rotatable bonds is 11. The van der Waals surface area contributed by atoms with Crippen molar-refractivity contribution in [1.29, 1.82) is 0 Å². The first-order chi connectivity index (χ1) is 20.3. The van der Waals surface area contributed by atoms with Crippen molar-refractivity contribution in [2.45, 2.75) is 79.4 Å². The number of aryl methyl sites for hydroxylation is 3. The third kappa shape index (κ3) is 14.8. The van der Waals surface area contributed by atoms with E-state index in [2.05, 4.69) is 40.0 Å². The average Bonchev–Trinajstić information content (AvgIpc) is 2.92. The second kappa shape index (κ2) is 17.5. The van der Waals surface area contributed by atoms with Crippen molar-refractivity contribution in [2.75, 3.05) is 18.5 Å². The quantitative estimate of drug-likeness (QED) is 0.263. The van der Waals surface area contributed by atoms with Crippen LogP contribution in [0.25, 0.3) is 0 Å². The molecule has 2 N–H and O–H groups in total. The maximum atomic E-state index is 11.8. The Hall–Kier alpha value is -4.47. The lowest BCUT2D eigenvalue weighted by Crippen LogP contribution is -2.33. The number of anilines is 1. The number of ketones is 1. The number of nitrogens with zero attached hydrogens (tertiary/aromatic N) is 2. The van der Waals surface area contributed by atoms with Gasteiger partial charge in [0.05, 0.1) is 18.8 Å². The highest BCUT2D eigenvalue weighted by atomic mass is 16.6. The van der Waals surface area contributed by atoms with Gasteiger partial charge >= 0.3 is 12.2 Å². The number of nitrogens with one attached hydrogen (secondary N) is 2. The lowest BCUT2D eigenvalue weighted by Gasteiger charge is -2.19. The molecule has 0 saturated heterocycles. The Kier molecular flexibility index (Phi) is 14.1. The van der Waals surface area contributed by atoms with Crippen molar-refractivity contribution in [3.8, 4) is 0 Å². The van der Waals surface area contributed by atoms with Crippen LogP contribution >= 0.6 is 0 Å². The van der Waals surface area contributed by atoms with Crippen LogP contribution < -0.4 is 16.2 Å². The largest absolute Gasteiger partial charge is 0.450 e. The van der Waals surface area contributed by atoms with Crippen LogP contribution in [0.2, 0.25) is 0 Å². The maximum absolute atomic E-state index is 11.8. The summed E-state index contributed by atoms with van der Waals surface area (Å²) >= 11 is 0. The van der Waals surface area contributed by atoms with Crippen LogP contribution in [-0.2, 0) is 27.2 Å². The molecule has 3 rings (SSSR count). The smallest absolute Gasteiger partial charge is 0.411 e. The Labute approximate surface area is 253 Å².